The molecule has 19 heavy (non-hydrogen) atoms. The molecule has 1 atom stereocenters. The molecule has 0 unspecified atom stereocenters. The zero-order valence-electron chi connectivity index (χ0n) is 11.6. The molecule has 1 saturated carbocycles. The highest BCUT2D eigenvalue weighted by molar-refractivity contribution is 5.46. The van der Waals surface area contributed by atoms with Gasteiger partial charge in [-0.1, -0.05) is 18.2 Å². The molecule has 0 aromatic heterocycles. The summed E-state index contributed by atoms with van der Waals surface area (Å²) in [7, 11) is 0. The molecule has 1 aromatic carbocycles. The van der Waals surface area contributed by atoms with Crippen molar-refractivity contribution in [1.82, 2.24) is 4.90 Å². The van der Waals surface area contributed by atoms with Gasteiger partial charge < -0.3 is 10.5 Å². The van der Waals surface area contributed by atoms with Crippen molar-refractivity contribution in [2.75, 3.05) is 18.9 Å². The van der Waals surface area contributed by atoms with E-state index in [2.05, 4.69) is 17.0 Å². The highest BCUT2D eigenvalue weighted by Gasteiger charge is 2.31. The predicted octanol–water partition coefficient (Wildman–Crippen LogP) is 2.80. The molecule has 2 N–H and O–H groups in total. The Labute approximate surface area is 115 Å². The van der Waals surface area contributed by atoms with Crippen molar-refractivity contribution in [2.45, 2.75) is 50.8 Å². The molecule has 0 bridgehead atoms. The average Bonchev–Trinajstić information content (AvgIpc) is 3.26. The van der Waals surface area contributed by atoms with Gasteiger partial charge in [-0.2, -0.15) is 0 Å². The second kappa shape index (κ2) is 5.93. The van der Waals surface area contributed by atoms with Crippen LogP contribution in [0.5, 0.6) is 0 Å². The first-order chi connectivity index (χ1) is 9.33. The van der Waals surface area contributed by atoms with Crippen LogP contribution < -0.4 is 5.73 Å². The third kappa shape index (κ3) is 3.48. The minimum atomic E-state index is 0.430. The van der Waals surface area contributed by atoms with Crippen LogP contribution in [0.3, 0.4) is 0 Å². The normalized spacial score (nSPS) is 23.7. The Hall–Kier alpha value is -1.06. The maximum Gasteiger partial charge on any atom is 0.0702 e. The topological polar surface area (TPSA) is 38.5 Å². The molecule has 1 aliphatic carbocycles. The van der Waals surface area contributed by atoms with Gasteiger partial charge in [0.2, 0.25) is 0 Å². The lowest BCUT2D eigenvalue weighted by Crippen LogP contribution is -2.37. The first-order valence-corrected chi connectivity index (χ1v) is 7.52. The number of ether oxygens (including phenoxy) is 1. The molecular weight excluding hydrogens is 236 g/mol. The maximum absolute atomic E-state index is 6.06. The van der Waals surface area contributed by atoms with Gasteiger partial charge in [0, 0.05) is 31.4 Å². The van der Waals surface area contributed by atoms with Gasteiger partial charge in [0.15, 0.2) is 0 Å². The van der Waals surface area contributed by atoms with Crippen molar-refractivity contribution in [3.63, 3.8) is 0 Å². The fourth-order valence-corrected chi connectivity index (χ4v) is 2.89. The summed E-state index contributed by atoms with van der Waals surface area (Å²) < 4.78 is 5.88. The van der Waals surface area contributed by atoms with Crippen LogP contribution in [0.25, 0.3) is 0 Å². The summed E-state index contributed by atoms with van der Waals surface area (Å²) in [6.45, 7) is 2.98. The zero-order valence-corrected chi connectivity index (χ0v) is 11.6. The smallest absolute Gasteiger partial charge is 0.0702 e. The minimum Gasteiger partial charge on any atom is -0.398 e. The Morgan fingerprint density at radius 2 is 2.00 bits per heavy atom. The van der Waals surface area contributed by atoms with Gasteiger partial charge in [-0.3, -0.25) is 4.90 Å². The number of nitrogens with two attached hydrogens (primary N) is 1. The first kappa shape index (κ1) is 12.9. The molecular formula is C16H24N2O. The van der Waals surface area contributed by atoms with Crippen molar-refractivity contribution in [3.8, 4) is 0 Å². The van der Waals surface area contributed by atoms with Crippen molar-refractivity contribution in [3.05, 3.63) is 29.8 Å². The summed E-state index contributed by atoms with van der Waals surface area (Å²) in [5.74, 6) is 0. The quantitative estimate of drug-likeness (QED) is 0.827. The summed E-state index contributed by atoms with van der Waals surface area (Å²) in [6, 6.07) is 8.98. The van der Waals surface area contributed by atoms with E-state index in [1.54, 1.807) is 0 Å². The lowest BCUT2D eigenvalue weighted by atomic mass is 10.1. The lowest BCUT2D eigenvalue weighted by molar-refractivity contribution is -0.00876. The van der Waals surface area contributed by atoms with Gasteiger partial charge in [0.1, 0.15) is 0 Å². The zero-order chi connectivity index (χ0) is 13.1. The Kier molecular flexibility index (Phi) is 4.04. The monoisotopic (exact) mass is 260 g/mol. The summed E-state index contributed by atoms with van der Waals surface area (Å²) in [6.07, 6.45) is 6.86. The van der Waals surface area contributed by atoms with Crippen LogP contribution in [0.2, 0.25) is 0 Å². The molecule has 0 spiro atoms. The maximum atomic E-state index is 6.06. The first-order valence-electron chi connectivity index (χ1n) is 7.52. The van der Waals surface area contributed by atoms with E-state index < -0.39 is 0 Å². The summed E-state index contributed by atoms with van der Waals surface area (Å²) >= 11 is 0. The van der Waals surface area contributed by atoms with E-state index in [1.807, 2.05) is 12.1 Å². The second-order valence-corrected chi connectivity index (χ2v) is 5.85. The van der Waals surface area contributed by atoms with E-state index in [9.17, 15) is 0 Å². The fraction of sp³-hybridized carbons (Fsp3) is 0.625. The largest absolute Gasteiger partial charge is 0.398 e. The number of hydrogen-bond donors (Lipinski definition) is 1. The minimum absolute atomic E-state index is 0.430. The summed E-state index contributed by atoms with van der Waals surface area (Å²) in [5, 5.41) is 0. The van der Waals surface area contributed by atoms with Gasteiger partial charge >= 0.3 is 0 Å². The van der Waals surface area contributed by atoms with E-state index in [4.69, 9.17) is 10.5 Å². The van der Waals surface area contributed by atoms with Gasteiger partial charge in [0.05, 0.1) is 6.10 Å². The highest BCUT2D eigenvalue weighted by Crippen LogP contribution is 2.30. The summed E-state index contributed by atoms with van der Waals surface area (Å²) in [4.78, 5) is 2.57. The SMILES string of the molecule is Nc1ccccc1CN(C[C@H]1CCCCO1)C1CC1. The molecule has 2 aliphatic rings. The third-order valence-electron chi connectivity index (χ3n) is 4.20. The van der Waals surface area contributed by atoms with Crippen molar-refractivity contribution >= 4 is 5.69 Å². The Morgan fingerprint density at radius 3 is 2.68 bits per heavy atom. The molecule has 1 aliphatic heterocycles. The molecule has 3 nitrogen and oxygen atoms in total. The number of anilines is 1. The van der Waals surface area contributed by atoms with E-state index in [1.165, 1.54) is 37.7 Å². The van der Waals surface area contributed by atoms with Crippen molar-refractivity contribution in [2.24, 2.45) is 0 Å². The van der Waals surface area contributed by atoms with Crippen molar-refractivity contribution in [1.29, 1.82) is 0 Å². The summed E-state index contributed by atoms with van der Waals surface area (Å²) in [5.41, 5.74) is 8.23. The highest BCUT2D eigenvalue weighted by atomic mass is 16.5. The van der Waals surface area contributed by atoms with Crippen LogP contribution in [0.1, 0.15) is 37.7 Å². The Bertz CT molecular complexity index is 411. The molecule has 1 aromatic rings. The van der Waals surface area contributed by atoms with E-state index in [0.717, 1.165) is 31.4 Å². The van der Waals surface area contributed by atoms with Gasteiger partial charge in [-0.15, -0.1) is 0 Å². The Balaban J connectivity index is 1.62. The van der Waals surface area contributed by atoms with Crippen molar-refractivity contribution < 1.29 is 4.74 Å². The molecule has 0 radical (unpaired) electrons. The number of hydrogen-bond acceptors (Lipinski definition) is 3. The van der Waals surface area contributed by atoms with E-state index in [0.29, 0.717) is 6.10 Å². The van der Waals surface area contributed by atoms with Gasteiger partial charge in [-0.25, -0.2) is 0 Å². The molecule has 3 rings (SSSR count). The molecule has 2 fully saturated rings. The molecule has 3 heteroatoms. The van der Waals surface area contributed by atoms with Gasteiger partial charge in [0.25, 0.3) is 0 Å². The number of para-hydroxylation sites is 1. The van der Waals surface area contributed by atoms with Crippen LogP contribution in [0.4, 0.5) is 5.69 Å². The van der Waals surface area contributed by atoms with Crippen LogP contribution in [-0.4, -0.2) is 30.2 Å². The number of benzene rings is 1. The number of nitrogens with zero attached hydrogens (tertiary/aromatic N) is 1. The van der Waals surface area contributed by atoms with Crippen LogP contribution in [0, 0.1) is 0 Å². The third-order valence-corrected chi connectivity index (χ3v) is 4.20. The molecule has 1 heterocycles. The van der Waals surface area contributed by atoms with Gasteiger partial charge in [-0.05, 0) is 43.7 Å². The molecule has 104 valence electrons. The van der Waals surface area contributed by atoms with E-state index in [-0.39, 0.29) is 0 Å². The second-order valence-electron chi connectivity index (χ2n) is 5.85. The molecule has 1 saturated heterocycles. The Morgan fingerprint density at radius 1 is 1.16 bits per heavy atom. The van der Waals surface area contributed by atoms with E-state index >= 15 is 0 Å². The average molecular weight is 260 g/mol. The van der Waals surface area contributed by atoms with Crippen LogP contribution >= 0.6 is 0 Å². The molecule has 0 amide bonds. The lowest BCUT2D eigenvalue weighted by Gasteiger charge is -2.30. The standard InChI is InChI=1S/C16H24N2O/c17-16-7-2-1-5-13(16)11-18(14-8-9-14)12-15-6-3-4-10-19-15/h1-2,5,7,14-15H,3-4,6,8-12,17H2/t15-/m1/s1. The number of nitrogen functional groups attached to an aromatic ring is 1. The van der Waals surface area contributed by atoms with Crippen LogP contribution in [-0.2, 0) is 11.3 Å². The number of rotatable bonds is 5. The predicted molar refractivity (Wildman–Crippen MR) is 77.9 cm³/mol. The van der Waals surface area contributed by atoms with Crippen LogP contribution in [0.15, 0.2) is 24.3 Å². The fourth-order valence-electron chi connectivity index (χ4n) is 2.89.